The fourth-order valence-corrected chi connectivity index (χ4v) is 2.64. The topological polar surface area (TPSA) is 49.3 Å². The van der Waals surface area contributed by atoms with Crippen molar-refractivity contribution in [1.29, 1.82) is 0 Å². The van der Waals surface area contributed by atoms with Gasteiger partial charge >= 0.3 is 0 Å². The van der Waals surface area contributed by atoms with Gasteiger partial charge in [-0.2, -0.15) is 0 Å². The molecule has 0 bridgehead atoms. The number of halogens is 2. The van der Waals surface area contributed by atoms with E-state index in [0.29, 0.717) is 12.0 Å². The zero-order valence-electron chi connectivity index (χ0n) is 11.7. The second-order valence-corrected chi connectivity index (χ2v) is 5.43. The molecule has 0 aromatic heterocycles. The molecule has 1 saturated carbocycles. The lowest BCUT2D eigenvalue weighted by atomic mass is 10.1. The Kier molecular flexibility index (Phi) is 3.79. The van der Waals surface area contributed by atoms with Crippen LogP contribution in [0.15, 0.2) is 42.5 Å². The first kappa shape index (κ1) is 14.5. The van der Waals surface area contributed by atoms with Crippen LogP contribution < -0.4 is 5.32 Å². The summed E-state index contributed by atoms with van der Waals surface area (Å²) in [4.78, 5) is 12.1. The molecule has 114 valence electrons. The van der Waals surface area contributed by atoms with Crippen molar-refractivity contribution in [2.45, 2.75) is 18.9 Å². The molecule has 0 saturated heterocycles. The summed E-state index contributed by atoms with van der Waals surface area (Å²) < 4.78 is 27.4. The van der Waals surface area contributed by atoms with E-state index in [4.69, 9.17) is 0 Å². The Bertz CT molecular complexity index is 697. The van der Waals surface area contributed by atoms with E-state index < -0.39 is 23.5 Å². The lowest BCUT2D eigenvalue weighted by molar-refractivity contribution is -0.122. The van der Waals surface area contributed by atoms with Gasteiger partial charge in [-0.25, -0.2) is 8.78 Å². The maximum atomic E-state index is 13.7. The van der Waals surface area contributed by atoms with E-state index in [1.165, 1.54) is 24.3 Å². The highest BCUT2D eigenvalue weighted by molar-refractivity contribution is 5.83. The summed E-state index contributed by atoms with van der Waals surface area (Å²) in [5, 5.41) is 12.3. The standard InChI is InChI=1S/C17H15F2NO2/c18-13-5-3-6-14(19)16(13)11-8-12(11)17(22)20-9-10-4-1-2-7-15(10)21/h1-7,11-12,21H,8-9H2,(H,20,22)/t11-,12-/m1/s1. The number of hydrogen-bond donors (Lipinski definition) is 2. The van der Waals surface area contributed by atoms with Gasteiger partial charge in [0.25, 0.3) is 0 Å². The second-order valence-electron chi connectivity index (χ2n) is 5.43. The van der Waals surface area contributed by atoms with Crippen LogP contribution in [0.2, 0.25) is 0 Å². The third kappa shape index (κ3) is 2.79. The molecule has 1 amide bonds. The SMILES string of the molecule is O=C(NCc1ccccc1O)[C@@H]1C[C@H]1c1c(F)cccc1F. The van der Waals surface area contributed by atoms with Crippen molar-refractivity contribution in [1.82, 2.24) is 5.32 Å². The van der Waals surface area contributed by atoms with Crippen LogP contribution in [-0.4, -0.2) is 11.0 Å². The third-order valence-electron chi connectivity index (χ3n) is 3.94. The normalized spacial score (nSPS) is 19.7. The number of hydrogen-bond acceptors (Lipinski definition) is 2. The number of amides is 1. The molecule has 1 aliphatic carbocycles. The van der Waals surface area contributed by atoms with Gasteiger partial charge in [-0.1, -0.05) is 24.3 Å². The fraction of sp³-hybridized carbons (Fsp3) is 0.235. The Labute approximate surface area is 126 Å². The average Bonchev–Trinajstić information content (AvgIpc) is 3.26. The minimum Gasteiger partial charge on any atom is -0.508 e. The largest absolute Gasteiger partial charge is 0.508 e. The number of carbonyl (C=O) groups excluding carboxylic acids is 1. The molecule has 3 rings (SSSR count). The van der Waals surface area contributed by atoms with Crippen molar-refractivity contribution in [2.75, 3.05) is 0 Å². The molecule has 2 aromatic carbocycles. The van der Waals surface area contributed by atoms with E-state index in [1.54, 1.807) is 18.2 Å². The maximum Gasteiger partial charge on any atom is 0.224 e. The summed E-state index contributed by atoms with van der Waals surface area (Å²) in [6.07, 6.45) is 0.435. The van der Waals surface area contributed by atoms with Crippen LogP contribution in [0.5, 0.6) is 5.75 Å². The molecular formula is C17H15F2NO2. The Morgan fingerprint density at radius 2 is 1.82 bits per heavy atom. The number of phenols is 1. The molecule has 0 unspecified atom stereocenters. The van der Waals surface area contributed by atoms with Crippen LogP contribution in [0, 0.1) is 17.6 Å². The Morgan fingerprint density at radius 1 is 1.14 bits per heavy atom. The van der Waals surface area contributed by atoms with Crippen LogP contribution in [0.25, 0.3) is 0 Å². The molecule has 1 aliphatic rings. The molecule has 2 N–H and O–H groups in total. The van der Waals surface area contributed by atoms with Gasteiger partial charge in [0.15, 0.2) is 0 Å². The van der Waals surface area contributed by atoms with Gasteiger partial charge in [-0.3, -0.25) is 4.79 Å². The fourth-order valence-electron chi connectivity index (χ4n) is 2.64. The summed E-state index contributed by atoms with van der Waals surface area (Å²) in [5.74, 6) is -2.20. The van der Waals surface area contributed by atoms with Gasteiger partial charge in [-0.05, 0) is 24.6 Å². The van der Waals surface area contributed by atoms with E-state index in [1.807, 2.05) is 0 Å². The van der Waals surface area contributed by atoms with E-state index in [0.717, 1.165) is 0 Å². The van der Waals surface area contributed by atoms with Gasteiger partial charge < -0.3 is 10.4 Å². The van der Waals surface area contributed by atoms with Crippen molar-refractivity contribution in [3.8, 4) is 5.75 Å². The summed E-state index contributed by atoms with van der Waals surface area (Å²) in [6, 6.07) is 10.4. The molecule has 0 spiro atoms. The molecule has 0 radical (unpaired) electrons. The second kappa shape index (κ2) is 5.75. The lowest BCUT2D eigenvalue weighted by Crippen LogP contribution is -2.25. The minimum atomic E-state index is -0.610. The summed E-state index contributed by atoms with van der Waals surface area (Å²) in [6.45, 7) is 0.189. The molecule has 1 fully saturated rings. The quantitative estimate of drug-likeness (QED) is 0.912. The lowest BCUT2D eigenvalue weighted by Gasteiger charge is -2.07. The van der Waals surface area contributed by atoms with E-state index >= 15 is 0 Å². The third-order valence-corrected chi connectivity index (χ3v) is 3.94. The van der Waals surface area contributed by atoms with Crippen molar-refractivity contribution in [3.63, 3.8) is 0 Å². The highest BCUT2D eigenvalue weighted by Crippen LogP contribution is 2.49. The van der Waals surface area contributed by atoms with Crippen molar-refractivity contribution >= 4 is 5.91 Å². The zero-order chi connectivity index (χ0) is 15.7. The van der Waals surface area contributed by atoms with Crippen molar-refractivity contribution in [3.05, 3.63) is 65.2 Å². The predicted octanol–water partition coefficient (Wildman–Crippen LogP) is 3.09. The molecule has 2 aromatic rings. The first-order valence-electron chi connectivity index (χ1n) is 7.06. The summed E-state index contributed by atoms with van der Waals surface area (Å²) >= 11 is 0. The predicted molar refractivity (Wildman–Crippen MR) is 77.2 cm³/mol. The van der Waals surface area contributed by atoms with Gasteiger partial charge in [0.1, 0.15) is 17.4 Å². The minimum absolute atomic E-state index is 0.00907. The van der Waals surface area contributed by atoms with Crippen LogP contribution in [-0.2, 0) is 11.3 Å². The van der Waals surface area contributed by atoms with E-state index in [-0.39, 0.29) is 23.8 Å². The number of phenolic OH excluding ortho intramolecular Hbond substituents is 1. The number of carbonyl (C=O) groups is 1. The van der Waals surface area contributed by atoms with E-state index in [2.05, 4.69) is 5.32 Å². The number of nitrogens with one attached hydrogen (secondary N) is 1. The van der Waals surface area contributed by atoms with Gasteiger partial charge in [0, 0.05) is 29.5 Å². The van der Waals surface area contributed by atoms with Gasteiger partial charge in [0.2, 0.25) is 5.91 Å². The Balaban J connectivity index is 1.63. The van der Waals surface area contributed by atoms with Gasteiger partial charge in [-0.15, -0.1) is 0 Å². The zero-order valence-corrected chi connectivity index (χ0v) is 11.7. The highest BCUT2D eigenvalue weighted by Gasteiger charge is 2.46. The molecule has 22 heavy (non-hydrogen) atoms. The van der Waals surface area contributed by atoms with Crippen LogP contribution in [0.1, 0.15) is 23.5 Å². The van der Waals surface area contributed by atoms with Crippen LogP contribution in [0.4, 0.5) is 8.78 Å². The highest BCUT2D eigenvalue weighted by atomic mass is 19.1. The van der Waals surface area contributed by atoms with Crippen LogP contribution >= 0.6 is 0 Å². The van der Waals surface area contributed by atoms with Gasteiger partial charge in [0.05, 0.1) is 0 Å². The van der Waals surface area contributed by atoms with E-state index in [9.17, 15) is 18.7 Å². The molecule has 3 nitrogen and oxygen atoms in total. The number of rotatable bonds is 4. The molecule has 5 heteroatoms. The molecule has 2 atom stereocenters. The Morgan fingerprint density at radius 3 is 2.50 bits per heavy atom. The Hall–Kier alpha value is -2.43. The first-order chi connectivity index (χ1) is 10.6. The summed E-state index contributed by atoms with van der Waals surface area (Å²) in [7, 11) is 0. The van der Waals surface area contributed by atoms with Crippen molar-refractivity contribution in [2.24, 2.45) is 5.92 Å². The average molecular weight is 303 g/mol. The maximum absolute atomic E-state index is 13.7. The van der Waals surface area contributed by atoms with Crippen molar-refractivity contribution < 1.29 is 18.7 Å². The first-order valence-corrected chi connectivity index (χ1v) is 7.06. The smallest absolute Gasteiger partial charge is 0.224 e. The number of benzene rings is 2. The molecule has 0 aliphatic heterocycles. The van der Waals surface area contributed by atoms with Crippen LogP contribution in [0.3, 0.4) is 0 Å². The summed E-state index contributed by atoms with van der Waals surface area (Å²) in [5.41, 5.74) is 0.593. The monoisotopic (exact) mass is 303 g/mol. The molecule has 0 heterocycles. The number of aromatic hydroxyl groups is 1. The number of para-hydroxylation sites is 1. The molecular weight excluding hydrogens is 288 g/mol.